The molecule has 3 unspecified atom stereocenters. The summed E-state index contributed by atoms with van der Waals surface area (Å²) in [7, 11) is -3.68. The van der Waals surface area contributed by atoms with Crippen LogP contribution in [0, 0.1) is 12.3 Å². The van der Waals surface area contributed by atoms with Crippen LogP contribution in [0.2, 0.25) is 19.1 Å². The molecule has 0 aliphatic heterocycles. The Hall–Kier alpha value is -1.57. The van der Waals surface area contributed by atoms with E-state index in [1.807, 2.05) is 5.92 Å². The third-order valence-electron chi connectivity index (χ3n) is 4.88. The number of halogens is 17. The van der Waals surface area contributed by atoms with Gasteiger partial charge in [-0.3, -0.25) is 9.47 Å². The molecule has 0 aliphatic rings. The van der Waals surface area contributed by atoms with Crippen molar-refractivity contribution in [1.29, 1.82) is 0 Å². The number of hydrogen-bond donors (Lipinski definition) is 1. The quantitative estimate of drug-likeness (QED) is 0.130. The van der Waals surface area contributed by atoms with Gasteiger partial charge in [-0.1, -0.05) is 5.92 Å². The van der Waals surface area contributed by atoms with Crippen LogP contribution in [-0.4, -0.2) is 74.0 Å². The van der Waals surface area contributed by atoms with Gasteiger partial charge in [0.15, 0.2) is 8.32 Å². The average Bonchev–Trinajstić information content (AvgIpc) is 2.68. The third-order valence-corrected chi connectivity index (χ3v) is 7.32. The number of terminal acetylenes is 1. The van der Waals surface area contributed by atoms with Gasteiger partial charge in [0.05, 0.1) is 0 Å². The minimum Gasteiger partial charge on any atom is -0.417 e. The van der Waals surface area contributed by atoms with E-state index in [9.17, 15) is 79.7 Å². The molecule has 22 heteroatoms. The molecule has 0 radical (unpaired) electrons. The molecule has 0 amide bonds. The SMILES string of the molecule is C#CC(C)(O)CCO[Si](C)(C)CCC(F)(OC(F)(F)C(F)(OC(F)(F)C(F)(F)C(F)(F)F)C(F)(F)F)C(F)(F)F. The average molecular weight is 650 g/mol. The molecule has 0 aliphatic carbocycles. The van der Waals surface area contributed by atoms with E-state index in [1.54, 1.807) is 0 Å². The van der Waals surface area contributed by atoms with Crippen molar-refractivity contribution in [2.75, 3.05) is 6.61 Å². The summed E-state index contributed by atoms with van der Waals surface area (Å²) in [5, 5.41) is 9.62. The summed E-state index contributed by atoms with van der Waals surface area (Å²) in [6, 6.07) is -1.31. The molecule has 0 fully saturated rings. The van der Waals surface area contributed by atoms with Crippen molar-refractivity contribution in [3.63, 3.8) is 0 Å². The molecule has 4 nitrogen and oxygen atoms in total. The van der Waals surface area contributed by atoms with Gasteiger partial charge in [-0.25, -0.2) is 4.39 Å². The minimum absolute atomic E-state index is 0.390. The van der Waals surface area contributed by atoms with E-state index in [1.165, 1.54) is 4.74 Å². The Morgan fingerprint density at radius 2 is 1.12 bits per heavy atom. The maximum absolute atomic E-state index is 14.6. The first-order valence-electron chi connectivity index (χ1n) is 10.1. The maximum Gasteiger partial charge on any atom is 0.462 e. The lowest BCUT2D eigenvalue weighted by Gasteiger charge is -2.41. The summed E-state index contributed by atoms with van der Waals surface area (Å²) in [5.74, 6) is -20.0. The normalized spacial score (nSPS) is 19.4. The molecule has 238 valence electrons. The highest BCUT2D eigenvalue weighted by Crippen LogP contribution is 2.57. The van der Waals surface area contributed by atoms with Gasteiger partial charge in [0.2, 0.25) is 0 Å². The molecule has 0 aromatic heterocycles. The lowest BCUT2D eigenvalue weighted by Crippen LogP contribution is -2.67. The summed E-state index contributed by atoms with van der Waals surface area (Å²) in [5.41, 5.74) is -1.82. The van der Waals surface area contributed by atoms with Gasteiger partial charge in [-0.15, -0.1) is 6.42 Å². The Morgan fingerprint density at radius 3 is 1.48 bits per heavy atom. The van der Waals surface area contributed by atoms with Crippen LogP contribution in [0.25, 0.3) is 0 Å². The summed E-state index contributed by atoms with van der Waals surface area (Å²) >= 11 is 0. The van der Waals surface area contributed by atoms with E-state index in [4.69, 9.17) is 10.8 Å². The van der Waals surface area contributed by atoms with Crippen LogP contribution in [0.15, 0.2) is 0 Å². The van der Waals surface area contributed by atoms with E-state index in [0.29, 0.717) is 0 Å². The zero-order valence-electron chi connectivity index (χ0n) is 20.0. The zero-order valence-corrected chi connectivity index (χ0v) is 21.0. The molecule has 0 bridgehead atoms. The fourth-order valence-electron chi connectivity index (χ4n) is 2.34. The summed E-state index contributed by atoms with van der Waals surface area (Å²) in [6.45, 7) is 2.49. The second-order valence-electron chi connectivity index (χ2n) is 8.91. The summed E-state index contributed by atoms with van der Waals surface area (Å²) < 4.78 is 233. The number of alkyl halides is 17. The number of hydrogen-bond acceptors (Lipinski definition) is 4. The van der Waals surface area contributed by atoms with E-state index in [0.717, 1.165) is 20.0 Å². The van der Waals surface area contributed by atoms with Crippen molar-refractivity contribution in [1.82, 2.24) is 0 Å². The van der Waals surface area contributed by atoms with Crippen molar-refractivity contribution in [3.05, 3.63) is 0 Å². The lowest BCUT2D eigenvalue weighted by atomic mass is 10.1. The predicted molar refractivity (Wildman–Crippen MR) is 99.8 cm³/mol. The molecule has 0 saturated carbocycles. The van der Waals surface area contributed by atoms with Gasteiger partial charge < -0.3 is 9.53 Å². The maximum atomic E-state index is 14.6. The molecule has 40 heavy (non-hydrogen) atoms. The molecule has 0 rings (SSSR count). The Morgan fingerprint density at radius 1 is 0.675 bits per heavy atom. The molecule has 0 saturated heterocycles. The predicted octanol–water partition coefficient (Wildman–Crippen LogP) is 7.25. The molecule has 0 aromatic carbocycles. The molecule has 0 aromatic rings. The van der Waals surface area contributed by atoms with Crippen molar-refractivity contribution in [2.24, 2.45) is 0 Å². The van der Waals surface area contributed by atoms with Gasteiger partial charge in [0.25, 0.3) is 0 Å². The first kappa shape index (κ1) is 38.4. The monoisotopic (exact) mass is 650 g/mol. The topological polar surface area (TPSA) is 47.9 Å². The Kier molecular flexibility index (Phi) is 10.8. The molecule has 0 heterocycles. The highest BCUT2D eigenvalue weighted by molar-refractivity contribution is 6.71. The van der Waals surface area contributed by atoms with Crippen molar-refractivity contribution in [3.8, 4) is 12.3 Å². The third kappa shape index (κ3) is 8.48. The molecule has 0 spiro atoms. The van der Waals surface area contributed by atoms with Crippen LogP contribution in [0.1, 0.15) is 19.8 Å². The number of ether oxygens (including phenoxy) is 2. The van der Waals surface area contributed by atoms with Crippen molar-refractivity contribution in [2.45, 2.75) is 92.9 Å². The second kappa shape index (κ2) is 11.3. The Bertz CT molecular complexity index is 906. The van der Waals surface area contributed by atoms with E-state index in [-0.39, 0.29) is 0 Å². The van der Waals surface area contributed by atoms with Crippen LogP contribution >= 0.6 is 0 Å². The largest absolute Gasteiger partial charge is 0.462 e. The molecular formula is C18H19F17O4Si. The van der Waals surface area contributed by atoms with Gasteiger partial charge >= 0.3 is 48.4 Å². The van der Waals surface area contributed by atoms with E-state index in [2.05, 4.69) is 4.74 Å². The van der Waals surface area contributed by atoms with Gasteiger partial charge in [0.1, 0.15) is 5.60 Å². The van der Waals surface area contributed by atoms with E-state index >= 15 is 0 Å². The van der Waals surface area contributed by atoms with Crippen molar-refractivity contribution >= 4 is 8.32 Å². The van der Waals surface area contributed by atoms with Crippen molar-refractivity contribution < 1.29 is 93.6 Å². The first-order valence-corrected chi connectivity index (χ1v) is 13.2. The van der Waals surface area contributed by atoms with E-state index < -0.39 is 87.8 Å². The van der Waals surface area contributed by atoms with Gasteiger partial charge in [-0.2, -0.15) is 70.2 Å². The highest BCUT2D eigenvalue weighted by atomic mass is 28.4. The lowest BCUT2D eigenvalue weighted by molar-refractivity contribution is -0.552. The van der Waals surface area contributed by atoms with Crippen LogP contribution < -0.4 is 0 Å². The zero-order chi connectivity index (χ0) is 32.7. The summed E-state index contributed by atoms with van der Waals surface area (Å²) in [6.07, 6.45) is -35.7. The second-order valence-corrected chi connectivity index (χ2v) is 13.2. The van der Waals surface area contributed by atoms with Crippen LogP contribution in [-0.2, 0) is 13.9 Å². The molecular weight excluding hydrogens is 631 g/mol. The van der Waals surface area contributed by atoms with Crippen LogP contribution in [0.4, 0.5) is 74.6 Å². The number of aliphatic hydroxyl groups is 1. The first-order chi connectivity index (χ1) is 17.1. The summed E-state index contributed by atoms with van der Waals surface area (Å²) in [4.78, 5) is 0. The fourth-order valence-corrected chi connectivity index (χ4v) is 4.06. The van der Waals surface area contributed by atoms with Crippen LogP contribution in [0.5, 0.6) is 0 Å². The Labute approximate surface area is 214 Å². The number of rotatable bonds is 13. The van der Waals surface area contributed by atoms with Gasteiger partial charge in [-0.05, 0) is 26.1 Å². The Balaban J connectivity index is 6.36. The standard InChI is InChI=1S/C18H19F17O4Si/c1-5-10(2,36)6-8-37-40(3,4)9-7-11(19,14(23,24)25)38-18(34,35)13(22,16(29,30)31)39-17(32,33)12(20,21)15(26,27)28/h1,36H,6-9H2,2-4H3. The van der Waals surface area contributed by atoms with Gasteiger partial charge in [0, 0.05) is 19.4 Å². The molecule has 1 N–H and O–H groups in total. The van der Waals surface area contributed by atoms with Crippen LogP contribution in [0.3, 0.4) is 0 Å². The fraction of sp³-hybridized carbons (Fsp3) is 0.889. The highest BCUT2D eigenvalue weighted by Gasteiger charge is 2.85. The molecule has 3 atom stereocenters. The smallest absolute Gasteiger partial charge is 0.417 e. The minimum atomic E-state index is -7.91.